The fraction of sp³-hybridized carbons (Fsp3) is 0.647. The van der Waals surface area contributed by atoms with Crippen LogP contribution in [0.5, 0.6) is 0 Å². The first kappa shape index (κ1) is 17.8. The monoisotopic (exact) mass is 354 g/mol. The number of nitrogens with one attached hydrogen (secondary N) is 1. The molecule has 2 aliphatic heterocycles. The number of methoxy groups -OCH3 is 1. The molecule has 0 spiro atoms. The van der Waals surface area contributed by atoms with Gasteiger partial charge in [0.1, 0.15) is 0 Å². The summed E-state index contributed by atoms with van der Waals surface area (Å²) in [7, 11) is -1.53. The third-order valence-corrected chi connectivity index (χ3v) is 6.24. The number of rotatable bonds is 7. The summed E-state index contributed by atoms with van der Waals surface area (Å²) in [5.41, 5.74) is 1.09. The quantitative estimate of drug-likeness (QED) is 0.791. The molecule has 2 heterocycles. The molecule has 0 aromatic heterocycles. The predicted octanol–water partition coefficient (Wildman–Crippen LogP) is 0.984. The Morgan fingerprint density at radius 1 is 1.25 bits per heavy atom. The van der Waals surface area contributed by atoms with Crippen LogP contribution in [0, 0.1) is 0 Å². The Labute approximate surface area is 144 Å². The lowest BCUT2D eigenvalue weighted by atomic mass is 10.1. The first-order valence-corrected chi connectivity index (χ1v) is 10.1. The van der Waals surface area contributed by atoms with Crippen molar-refractivity contribution in [3.05, 3.63) is 35.9 Å². The molecule has 2 aliphatic rings. The molecule has 3 rings (SSSR count). The molecular formula is C17H26N2O4S. The first-order valence-electron chi connectivity index (χ1n) is 8.45. The van der Waals surface area contributed by atoms with Crippen LogP contribution in [0.15, 0.2) is 30.3 Å². The van der Waals surface area contributed by atoms with Crippen LogP contribution < -0.4 is 4.72 Å². The van der Waals surface area contributed by atoms with Gasteiger partial charge in [-0.05, 0) is 24.9 Å². The maximum absolute atomic E-state index is 12.1. The van der Waals surface area contributed by atoms with Crippen LogP contribution in [0.4, 0.5) is 0 Å². The maximum Gasteiger partial charge on any atom is 0.213 e. The Kier molecular flexibility index (Phi) is 5.89. The third kappa shape index (κ3) is 4.34. The number of likely N-dealkylation sites (tertiary alicyclic amines) is 1. The first-order chi connectivity index (χ1) is 11.6. The number of nitrogens with zero attached hydrogens (tertiary/aromatic N) is 1. The van der Waals surface area contributed by atoms with E-state index in [9.17, 15) is 8.42 Å². The summed E-state index contributed by atoms with van der Waals surface area (Å²) in [6.45, 7) is 2.45. The Bertz CT molecular complexity index is 623. The average Bonchev–Trinajstić information content (AvgIpc) is 3.12. The Balaban J connectivity index is 1.61. The van der Waals surface area contributed by atoms with Crippen LogP contribution in [0.25, 0.3) is 0 Å². The van der Waals surface area contributed by atoms with Gasteiger partial charge in [0.15, 0.2) is 0 Å². The zero-order valence-electron chi connectivity index (χ0n) is 14.1. The summed E-state index contributed by atoms with van der Waals surface area (Å²) in [6, 6.07) is 9.97. The molecule has 1 aromatic rings. The summed E-state index contributed by atoms with van der Waals surface area (Å²) < 4.78 is 38.0. The van der Waals surface area contributed by atoms with Crippen molar-refractivity contribution in [2.24, 2.45) is 0 Å². The van der Waals surface area contributed by atoms with Gasteiger partial charge in [-0.15, -0.1) is 0 Å². The zero-order valence-corrected chi connectivity index (χ0v) is 14.9. The van der Waals surface area contributed by atoms with Crippen molar-refractivity contribution in [3.63, 3.8) is 0 Å². The fourth-order valence-electron chi connectivity index (χ4n) is 3.71. The van der Waals surface area contributed by atoms with Crippen LogP contribution in [0.1, 0.15) is 18.4 Å². The summed E-state index contributed by atoms with van der Waals surface area (Å²) in [5.74, 6) is 0.145. The Morgan fingerprint density at radius 3 is 2.79 bits per heavy atom. The lowest BCUT2D eigenvalue weighted by molar-refractivity contribution is 0.0533. The lowest BCUT2D eigenvalue weighted by Gasteiger charge is -2.32. The smallest absolute Gasteiger partial charge is 0.213 e. The molecule has 24 heavy (non-hydrogen) atoms. The Hall–Kier alpha value is -0.990. The van der Waals surface area contributed by atoms with Gasteiger partial charge in [0.25, 0.3) is 0 Å². The van der Waals surface area contributed by atoms with E-state index in [0.29, 0.717) is 25.9 Å². The summed E-state index contributed by atoms with van der Waals surface area (Å²) in [6.07, 6.45) is 2.14. The molecule has 134 valence electrons. The topological polar surface area (TPSA) is 67.9 Å². The molecule has 0 bridgehead atoms. The minimum Gasteiger partial charge on any atom is -0.383 e. The predicted molar refractivity (Wildman–Crippen MR) is 92.2 cm³/mol. The molecule has 7 heteroatoms. The molecule has 0 radical (unpaired) electrons. The molecule has 1 aromatic carbocycles. The normalized spacial score (nSPS) is 30.0. The van der Waals surface area contributed by atoms with E-state index in [4.69, 9.17) is 9.47 Å². The average molecular weight is 354 g/mol. The van der Waals surface area contributed by atoms with Crippen molar-refractivity contribution in [2.45, 2.75) is 37.6 Å². The largest absolute Gasteiger partial charge is 0.383 e. The molecule has 0 unspecified atom stereocenters. The summed E-state index contributed by atoms with van der Waals surface area (Å²) in [5, 5.41) is 0. The van der Waals surface area contributed by atoms with Crippen LogP contribution >= 0.6 is 0 Å². The van der Waals surface area contributed by atoms with Gasteiger partial charge >= 0.3 is 0 Å². The van der Waals surface area contributed by atoms with Gasteiger partial charge in [-0.2, -0.15) is 0 Å². The number of sulfonamides is 1. The van der Waals surface area contributed by atoms with E-state index in [1.165, 1.54) is 0 Å². The number of ether oxygens (including phenoxy) is 2. The molecule has 0 amide bonds. The molecule has 0 aliphatic carbocycles. The van der Waals surface area contributed by atoms with E-state index in [1.807, 2.05) is 30.3 Å². The maximum atomic E-state index is 12.1. The highest BCUT2D eigenvalue weighted by molar-refractivity contribution is 7.89. The lowest BCUT2D eigenvalue weighted by Crippen LogP contribution is -2.50. The SMILES string of the molecule is COC[C@H]1CCCN1[C@@H]1CS(=O)(=O)N[C@H]1COCc1ccccc1. The highest BCUT2D eigenvalue weighted by Gasteiger charge is 2.43. The van der Waals surface area contributed by atoms with Gasteiger partial charge in [-0.25, -0.2) is 13.1 Å². The molecule has 0 saturated carbocycles. The van der Waals surface area contributed by atoms with Crippen LogP contribution in [0.2, 0.25) is 0 Å². The van der Waals surface area contributed by atoms with Crippen molar-refractivity contribution in [1.82, 2.24) is 9.62 Å². The second-order valence-electron chi connectivity index (χ2n) is 6.56. The van der Waals surface area contributed by atoms with E-state index in [1.54, 1.807) is 7.11 Å². The molecule has 2 saturated heterocycles. The van der Waals surface area contributed by atoms with E-state index in [0.717, 1.165) is 24.9 Å². The van der Waals surface area contributed by atoms with E-state index in [2.05, 4.69) is 9.62 Å². The van der Waals surface area contributed by atoms with Gasteiger partial charge < -0.3 is 9.47 Å². The van der Waals surface area contributed by atoms with Gasteiger partial charge in [-0.3, -0.25) is 4.90 Å². The second kappa shape index (κ2) is 7.93. The minimum absolute atomic E-state index is 0.0478. The van der Waals surface area contributed by atoms with Gasteiger partial charge in [0, 0.05) is 19.2 Å². The van der Waals surface area contributed by atoms with E-state index < -0.39 is 10.0 Å². The van der Waals surface area contributed by atoms with E-state index in [-0.39, 0.29) is 17.8 Å². The fourth-order valence-corrected chi connectivity index (χ4v) is 5.37. The van der Waals surface area contributed by atoms with Gasteiger partial charge in [-0.1, -0.05) is 30.3 Å². The molecule has 1 N–H and O–H groups in total. The van der Waals surface area contributed by atoms with Crippen molar-refractivity contribution in [1.29, 1.82) is 0 Å². The molecule has 3 atom stereocenters. The van der Waals surface area contributed by atoms with Crippen molar-refractivity contribution in [3.8, 4) is 0 Å². The van der Waals surface area contributed by atoms with Crippen LogP contribution in [-0.4, -0.2) is 64.1 Å². The second-order valence-corrected chi connectivity index (χ2v) is 8.36. The van der Waals surface area contributed by atoms with Crippen molar-refractivity contribution in [2.75, 3.05) is 32.6 Å². The summed E-state index contributed by atoms with van der Waals surface area (Å²) in [4.78, 5) is 2.29. The van der Waals surface area contributed by atoms with E-state index >= 15 is 0 Å². The van der Waals surface area contributed by atoms with Crippen LogP contribution in [-0.2, 0) is 26.1 Å². The number of hydrogen-bond donors (Lipinski definition) is 1. The minimum atomic E-state index is -3.23. The standard InChI is InChI=1S/C17H26N2O4S/c1-22-11-15-8-5-9-19(15)17-13-24(20,21)18-16(17)12-23-10-14-6-3-2-4-7-14/h2-4,6-7,15-18H,5,8-13H2,1H3/t15-,16+,17-/m1/s1. The Morgan fingerprint density at radius 2 is 2.04 bits per heavy atom. The van der Waals surface area contributed by atoms with Crippen molar-refractivity contribution >= 4 is 10.0 Å². The number of hydrogen-bond acceptors (Lipinski definition) is 5. The highest BCUT2D eigenvalue weighted by atomic mass is 32.2. The third-order valence-electron chi connectivity index (χ3n) is 4.80. The molecule has 2 fully saturated rings. The number of benzene rings is 1. The summed E-state index contributed by atoms with van der Waals surface area (Å²) >= 11 is 0. The molecular weight excluding hydrogens is 328 g/mol. The molecule has 6 nitrogen and oxygen atoms in total. The highest BCUT2D eigenvalue weighted by Crippen LogP contribution is 2.26. The van der Waals surface area contributed by atoms with Gasteiger partial charge in [0.05, 0.1) is 31.6 Å². The van der Waals surface area contributed by atoms with Gasteiger partial charge in [0.2, 0.25) is 10.0 Å². The van der Waals surface area contributed by atoms with Crippen molar-refractivity contribution < 1.29 is 17.9 Å². The zero-order chi connectivity index (χ0) is 17.0. The van der Waals surface area contributed by atoms with Crippen LogP contribution in [0.3, 0.4) is 0 Å².